The minimum absolute atomic E-state index is 0.327. The summed E-state index contributed by atoms with van der Waals surface area (Å²) in [6.07, 6.45) is 1.50. The Hall–Kier alpha value is -0.800. The fourth-order valence-electron chi connectivity index (χ4n) is 0.769. The first-order valence-corrected chi connectivity index (χ1v) is 4.27. The first-order chi connectivity index (χ1) is 5.36. The molecule has 11 heavy (non-hydrogen) atoms. The Labute approximate surface area is 72.4 Å². The molecule has 0 aliphatic carbocycles. The molecule has 2 nitrogen and oxygen atoms in total. The fourth-order valence-corrected chi connectivity index (χ4v) is 1.55. The lowest BCUT2D eigenvalue weighted by Gasteiger charge is -1.83. The molecule has 0 aromatic carbocycles. The van der Waals surface area contributed by atoms with Crippen LogP contribution < -0.4 is 0 Å². The molecule has 2 heterocycles. The van der Waals surface area contributed by atoms with E-state index in [4.69, 9.17) is 16.0 Å². The minimum atomic E-state index is 0.327. The number of hydrogen-bond acceptors (Lipinski definition) is 3. The van der Waals surface area contributed by atoms with Crippen LogP contribution >= 0.6 is 22.9 Å². The molecule has 2 rings (SSSR count). The number of hydrogen-bond donors (Lipinski definition) is 0. The summed E-state index contributed by atoms with van der Waals surface area (Å²) in [6.45, 7) is 0. The second kappa shape index (κ2) is 2.68. The predicted molar refractivity (Wildman–Crippen MR) is 44.8 cm³/mol. The average molecular weight is 186 g/mol. The summed E-state index contributed by atoms with van der Waals surface area (Å²) in [5.41, 5.74) is 0. The molecule has 2 aromatic rings. The van der Waals surface area contributed by atoms with Crippen molar-refractivity contribution in [1.29, 1.82) is 0 Å². The van der Waals surface area contributed by atoms with Crippen LogP contribution in [0.2, 0.25) is 5.22 Å². The van der Waals surface area contributed by atoms with E-state index < -0.39 is 0 Å². The van der Waals surface area contributed by atoms with E-state index in [9.17, 15) is 0 Å². The van der Waals surface area contributed by atoms with Gasteiger partial charge in [0.2, 0.25) is 11.1 Å². The van der Waals surface area contributed by atoms with E-state index in [1.54, 1.807) is 11.3 Å². The van der Waals surface area contributed by atoms with Crippen molar-refractivity contribution in [2.24, 2.45) is 0 Å². The molecular weight excluding hydrogens is 182 g/mol. The van der Waals surface area contributed by atoms with E-state index in [2.05, 4.69) is 4.98 Å². The molecule has 0 fully saturated rings. The molecule has 0 bridgehead atoms. The van der Waals surface area contributed by atoms with Crippen LogP contribution in [0.15, 0.2) is 28.1 Å². The first kappa shape index (κ1) is 6.88. The summed E-state index contributed by atoms with van der Waals surface area (Å²) in [6, 6.07) is 3.88. The van der Waals surface area contributed by atoms with Crippen LogP contribution in [-0.2, 0) is 0 Å². The molecule has 0 aliphatic rings. The summed E-state index contributed by atoms with van der Waals surface area (Å²) in [4.78, 5) is 4.97. The molecule has 56 valence electrons. The van der Waals surface area contributed by atoms with Gasteiger partial charge in [-0.2, -0.15) is 0 Å². The summed E-state index contributed by atoms with van der Waals surface area (Å²) in [7, 11) is 0. The molecule has 0 spiro atoms. The van der Waals surface area contributed by atoms with Crippen molar-refractivity contribution in [3.63, 3.8) is 0 Å². The Kier molecular flexibility index (Phi) is 1.68. The Morgan fingerprint density at radius 2 is 2.45 bits per heavy atom. The van der Waals surface area contributed by atoms with Crippen LogP contribution in [0.1, 0.15) is 0 Å². The molecule has 0 saturated carbocycles. The Morgan fingerprint density at radius 1 is 1.55 bits per heavy atom. The summed E-state index contributed by atoms with van der Waals surface area (Å²) >= 11 is 7.13. The molecule has 0 saturated heterocycles. The van der Waals surface area contributed by atoms with Gasteiger partial charge in [0.25, 0.3) is 0 Å². The van der Waals surface area contributed by atoms with E-state index in [0.717, 1.165) is 4.88 Å². The van der Waals surface area contributed by atoms with Crippen LogP contribution in [0.3, 0.4) is 0 Å². The zero-order valence-corrected chi connectivity index (χ0v) is 7.02. The van der Waals surface area contributed by atoms with Crippen molar-refractivity contribution < 1.29 is 4.42 Å². The van der Waals surface area contributed by atoms with Crippen LogP contribution in [0, 0.1) is 0 Å². The molecule has 0 aliphatic heterocycles. The van der Waals surface area contributed by atoms with Gasteiger partial charge < -0.3 is 4.42 Å². The SMILES string of the molecule is Clc1cnc(-c2cccs2)o1. The first-order valence-electron chi connectivity index (χ1n) is 3.01. The van der Waals surface area contributed by atoms with Crippen LogP contribution in [0.5, 0.6) is 0 Å². The number of thiophene rings is 1. The number of aromatic nitrogens is 1. The largest absolute Gasteiger partial charge is 0.424 e. The van der Waals surface area contributed by atoms with Crippen molar-refractivity contribution in [2.75, 3.05) is 0 Å². The van der Waals surface area contributed by atoms with E-state index in [1.807, 2.05) is 17.5 Å². The Morgan fingerprint density at radius 3 is 3.00 bits per heavy atom. The second-order valence-electron chi connectivity index (χ2n) is 1.95. The number of nitrogens with zero attached hydrogens (tertiary/aromatic N) is 1. The van der Waals surface area contributed by atoms with E-state index in [0.29, 0.717) is 11.1 Å². The van der Waals surface area contributed by atoms with E-state index >= 15 is 0 Å². The summed E-state index contributed by atoms with van der Waals surface area (Å²) in [5.74, 6) is 0.588. The van der Waals surface area contributed by atoms with Gasteiger partial charge in [0, 0.05) is 0 Å². The standard InChI is InChI=1S/C7H4ClNOS/c8-6-4-9-7(10-6)5-2-1-3-11-5/h1-4H. The van der Waals surface area contributed by atoms with E-state index in [1.165, 1.54) is 6.20 Å². The Balaban J connectivity index is 2.45. The quantitative estimate of drug-likeness (QED) is 0.683. The maximum atomic E-state index is 5.55. The highest BCUT2D eigenvalue weighted by Crippen LogP contribution is 2.25. The van der Waals surface area contributed by atoms with Gasteiger partial charge in [0.15, 0.2) is 0 Å². The van der Waals surface area contributed by atoms with Gasteiger partial charge in [-0.15, -0.1) is 11.3 Å². The van der Waals surface area contributed by atoms with E-state index in [-0.39, 0.29) is 0 Å². The molecule has 4 heteroatoms. The topological polar surface area (TPSA) is 26.0 Å². The van der Waals surface area contributed by atoms with Crippen LogP contribution in [-0.4, -0.2) is 4.98 Å². The molecule has 0 N–H and O–H groups in total. The van der Waals surface area contributed by atoms with Crippen molar-refractivity contribution in [3.8, 4) is 10.8 Å². The third-order valence-electron chi connectivity index (χ3n) is 1.21. The molecule has 0 unspecified atom stereocenters. The van der Waals surface area contributed by atoms with Gasteiger partial charge in [0.05, 0.1) is 11.1 Å². The monoisotopic (exact) mass is 185 g/mol. The van der Waals surface area contributed by atoms with Crippen LogP contribution in [0.25, 0.3) is 10.8 Å². The molecular formula is C7H4ClNOS. The lowest BCUT2D eigenvalue weighted by Crippen LogP contribution is -1.65. The Bertz CT molecular complexity index is 341. The van der Waals surface area contributed by atoms with Gasteiger partial charge >= 0.3 is 0 Å². The highest BCUT2D eigenvalue weighted by Gasteiger charge is 2.04. The third-order valence-corrected chi connectivity index (χ3v) is 2.24. The molecule has 0 atom stereocenters. The van der Waals surface area contributed by atoms with Gasteiger partial charge in [-0.05, 0) is 23.0 Å². The highest BCUT2D eigenvalue weighted by atomic mass is 35.5. The van der Waals surface area contributed by atoms with Crippen molar-refractivity contribution >= 4 is 22.9 Å². The maximum Gasteiger partial charge on any atom is 0.238 e. The summed E-state index contributed by atoms with van der Waals surface area (Å²) < 4.78 is 5.09. The second-order valence-corrected chi connectivity index (χ2v) is 3.27. The summed E-state index contributed by atoms with van der Waals surface area (Å²) in [5, 5.41) is 2.29. The lowest BCUT2D eigenvalue weighted by molar-refractivity contribution is 0.578. The third kappa shape index (κ3) is 1.29. The zero-order valence-electron chi connectivity index (χ0n) is 5.45. The van der Waals surface area contributed by atoms with Gasteiger partial charge in [0.1, 0.15) is 0 Å². The van der Waals surface area contributed by atoms with Crippen molar-refractivity contribution in [3.05, 3.63) is 28.9 Å². The minimum Gasteiger partial charge on any atom is -0.424 e. The smallest absolute Gasteiger partial charge is 0.238 e. The van der Waals surface area contributed by atoms with Crippen molar-refractivity contribution in [2.45, 2.75) is 0 Å². The zero-order chi connectivity index (χ0) is 7.68. The van der Waals surface area contributed by atoms with Crippen molar-refractivity contribution in [1.82, 2.24) is 4.98 Å². The number of rotatable bonds is 1. The predicted octanol–water partition coefficient (Wildman–Crippen LogP) is 3.06. The van der Waals surface area contributed by atoms with Gasteiger partial charge in [-0.1, -0.05) is 6.07 Å². The number of halogens is 1. The molecule has 2 aromatic heterocycles. The molecule has 0 radical (unpaired) electrons. The normalized spacial score (nSPS) is 10.3. The number of oxazole rings is 1. The van der Waals surface area contributed by atoms with Crippen LogP contribution in [0.4, 0.5) is 0 Å². The lowest BCUT2D eigenvalue weighted by atomic mass is 10.5. The average Bonchev–Trinajstić information content (AvgIpc) is 2.55. The maximum absolute atomic E-state index is 5.55. The fraction of sp³-hybridized carbons (Fsp3) is 0. The molecule has 0 amide bonds. The van der Waals surface area contributed by atoms with Gasteiger partial charge in [-0.25, -0.2) is 4.98 Å². The highest BCUT2D eigenvalue weighted by molar-refractivity contribution is 7.13. The van der Waals surface area contributed by atoms with Gasteiger partial charge in [-0.3, -0.25) is 0 Å².